The number of allylic oxidation sites excluding steroid dienone is 2. The van der Waals surface area contributed by atoms with Crippen LogP contribution >= 0.6 is 11.8 Å². The van der Waals surface area contributed by atoms with Crippen LogP contribution in [0.1, 0.15) is 13.3 Å². The van der Waals surface area contributed by atoms with E-state index >= 15 is 0 Å². The molecule has 0 aromatic heterocycles. The van der Waals surface area contributed by atoms with E-state index in [9.17, 15) is 18.0 Å². The van der Waals surface area contributed by atoms with E-state index < -0.39 is 12.0 Å². The van der Waals surface area contributed by atoms with Crippen LogP contribution in [0.4, 0.5) is 13.2 Å². The van der Waals surface area contributed by atoms with Crippen molar-refractivity contribution in [1.82, 2.24) is 0 Å². The number of carbonyl (C=O) groups excluding carboxylic acids is 1. The van der Waals surface area contributed by atoms with Crippen molar-refractivity contribution in [2.24, 2.45) is 0 Å². The van der Waals surface area contributed by atoms with Crippen LogP contribution in [0.25, 0.3) is 0 Å². The van der Waals surface area contributed by atoms with E-state index in [4.69, 9.17) is 0 Å². The zero-order valence-electron chi connectivity index (χ0n) is 6.73. The van der Waals surface area contributed by atoms with Gasteiger partial charge in [-0.1, -0.05) is 13.0 Å². The molecular weight excluding hydrogens is 189 g/mol. The molecular formula is C7H9F3OS. The number of alkyl halides is 3. The van der Waals surface area contributed by atoms with Crippen LogP contribution in [0.5, 0.6) is 0 Å². The summed E-state index contributed by atoms with van der Waals surface area (Å²) in [6.07, 6.45) is -1.59. The highest BCUT2D eigenvalue weighted by Gasteiger charge is 2.40. The Bertz CT molecular complexity index is 195. The topological polar surface area (TPSA) is 17.1 Å². The Morgan fingerprint density at radius 2 is 2.00 bits per heavy atom. The normalized spacial score (nSPS) is 13.2. The van der Waals surface area contributed by atoms with E-state index in [0.717, 1.165) is 11.8 Å². The molecule has 1 nitrogen and oxygen atoms in total. The summed E-state index contributed by atoms with van der Waals surface area (Å²) in [6.45, 7) is 1.68. The van der Waals surface area contributed by atoms with Crippen molar-refractivity contribution in [3.8, 4) is 0 Å². The van der Waals surface area contributed by atoms with Crippen LogP contribution < -0.4 is 0 Å². The highest BCUT2D eigenvalue weighted by molar-refractivity contribution is 8.03. The number of ketones is 1. The second-order valence-electron chi connectivity index (χ2n) is 2.01. The van der Waals surface area contributed by atoms with E-state index in [1.54, 1.807) is 6.92 Å². The van der Waals surface area contributed by atoms with Gasteiger partial charge in [-0.25, -0.2) is 0 Å². The van der Waals surface area contributed by atoms with Crippen molar-refractivity contribution in [2.45, 2.75) is 19.5 Å². The van der Waals surface area contributed by atoms with E-state index in [2.05, 4.69) is 0 Å². The summed E-state index contributed by atoms with van der Waals surface area (Å²) in [5.41, 5.74) is 0. The van der Waals surface area contributed by atoms with Crippen LogP contribution in [-0.2, 0) is 4.79 Å². The molecule has 0 aromatic carbocycles. The molecule has 0 aromatic rings. The largest absolute Gasteiger partial charge is 0.455 e. The van der Waals surface area contributed by atoms with Crippen LogP contribution in [-0.4, -0.2) is 18.2 Å². The zero-order valence-corrected chi connectivity index (χ0v) is 7.55. The maximum Gasteiger partial charge on any atom is 0.455 e. The fraction of sp³-hybridized carbons (Fsp3) is 0.571. The fourth-order valence-electron chi connectivity index (χ4n) is 0.594. The third-order valence-electron chi connectivity index (χ3n) is 1.09. The number of thioether (sulfide) groups is 1. The predicted molar refractivity (Wildman–Crippen MR) is 43.0 cm³/mol. The van der Waals surface area contributed by atoms with Crippen molar-refractivity contribution in [3.63, 3.8) is 0 Å². The third kappa shape index (κ3) is 3.30. The smallest absolute Gasteiger partial charge is 0.283 e. The van der Waals surface area contributed by atoms with Gasteiger partial charge in [0.25, 0.3) is 5.78 Å². The maximum atomic E-state index is 11.8. The Kier molecular flexibility index (Phi) is 4.37. The van der Waals surface area contributed by atoms with Gasteiger partial charge in [0.05, 0.1) is 4.91 Å². The molecule has 0 fully saturated rings. The summed E-state index contributed by atoms with van der Waals surface area (Å²) in [6, 6.07) is 0. The molecule has 5 heteroatoms. The second-order valence-corrected chi connectivity index (χ2v) is 2.86. The summed E-state index contributed by atoms with van der Waals surface area (Å²) in [4.78, 5) is 10.3. The van der Waals surface area contributed by atoms with E-state index in [1.165, 1.54) is 12.3 Å². The van der Waals surface area contributed by atoms with Gasteiger partial charge in [-0.3, -0.25) is 4.79 Å². The van der Waals surface area contributed by atoms with Gasteiger partial charge in [-0.15, -0.1) is 11.8 Å². The van der Waals surface area contributed by atoms with Crippen LogP contribution in [0.3, 0.4) is 0 Å². The van der Waals surface area contributed by atoms with E-state index in [0.29, 0.717) is 6.42 Å². The third-order valence-corrected chi connectivity index (χ3v) is 1.88. The molecule has 0 rings (SSSR count). The SMILES string of the molecule is CCC=C(SC)C(=O)C(F)(F)F. The number of Topliss-reactive ketones (excluding diaryl/α,β-unsaturated/α-hetero) is 1. The lowest BCUT2D eigenvalue weighted by Gasteiger charge is -2.05. The zero-order chi connectivity index (χ0) is 9.78. The molecule has 70 valence electrons. The molecule has 0 N–H and O–H groups in total. The highest BCUT2D eigenvalue weighted by Crippen LogP contribution is 2.26. The average Bonchev–Trinajstić information content (AvgIpc) is 1.97. The minimum atomic E-state index is -4.75. The summed E-state index contributed by atoms with van der Waals surface area (Å²) in [5.74, 6) is -1.75. The minimum absolute atomic E-state index is 0.231. The molecule has 0 atom stereocenters. The van der Waals surface area contributed by atoms with Crippen molar-refractivity contribution >= 4 is 17.5 Å². The summed E-state index contributed by atoms with van der Waals surface area (Å²) >= 11 is 0.821. The first kappa shape index (κ1) is 11.6. The predicted octanol–water partition coefficient (Wildman–Crippen LogP) is 2.77. The first-order chi connectivity index (χ1) is 5.43. The molecule has 12 heavy (non-hydrogen) atoms. The van der Waals surface area contributed by atoms with Gasteiger partial charge in [0.15, 0.2) is 0 Å². The molecule has 0 aliphatic heterocycles. The fourth-order valence-corrected chi connectivity index (χ4v) is 1.23. The molecule has 0 aliphatic rings. The van der Waals surface area contributed by atoms with Gasteiger partial charge in [0.1, 0.15) is 0 Å². The van der Waals surface area contributed by atoms with Gasteiger partial charge in [0, 0.05) is 0 Å². The Morgan fingerprint density at radius 3 is 2.25 bits per heavy atom. The van der Waals surface area contributed by atoms with Crippen molar-refractivity contribution in [3.05, 3.63) is 11.0 Å². The monoisotopic (exact) mass is 198 g/mol. The van der Waals surface area contributed by atoms with Gasteiger partial charge in [-0.2, -0.15) is 13.2 Å². The average molecular weight is 198 g/mol. The second kappa shape index (κ2) is 4.54. The molecule has 0 aliphatic carbocycles. The molecule has 0 amide bonds. The van der Waals surface area contributed by atoms with Gasteiger partial charge >= 0.3 is 6.18 Å². The number of carbonyl (C=O) groups is 1. The van der Waals surface area contributed by atoms with Gasteiger partial charge in [0.2, 0.25) is 0 Å². The quantitative estimate of drug-likeness (QED) is 0.648. The number of hydrogen-bond donors (Lipinski definition) is 0. The summed E-state index contributed by atoms with van der Waals surface area (Å²) < 4.78 is 35.4. The van der Waals surface area contributed by atoms with Crippen LogP contribution in [0.2, 0.25) is 0 Å². The lowest BCUT2D eigenvalue weighted by atomic mass is 10.3. The lowest BCUT2D eigenvalue weighted by Crippen LogP contribution is -2.23. The van der Waals surface area contributed by atoms with Crippen LogP contribution in [0, 0.1) is 0 Å². The molecule has 0 saturated heterocycles. The Hall–Kier alpha value is -0.450. The highest BCUT2D eigenvalue weighted by atomic mass is 32.2. The molecule has 0 saturated carbocycles. The van der Waals surface area contributed by atoms with Gasteiger partial charge < -0.3 is 0 Å². The minimum Gasteiger partial charge on any atom is -0.283 e. The molecule has 0 unspecified atom stereocenters. The van der Waals surface area contributed by atoms with Crippen molar-refractivity contribution in [1.29, 1.82) is 0 Å². The Morgan fingerprint density at radius 1 is 1.50 bits per heavy atom. The molecule has 0 spiro atoms. The molecule has 0 heterocycles. The number of hydrogen-bond acceptors (Lipinski definition) is 2. The van der Waals surface area contributed by atoms with Crippen LogP contribution in [0.15, 0.2) is 11.0 Å². The maximum absolute atomic E-state index is 11.8. The first-order valence-corrected chi connectivity index (χ1v) is 4.51. The lowest BCUT2D eigenvalue weighted by molar-refractivity contribution is -0.165. The Balaban J connectivity index is 4.55. The molecule has 0 bridgehead atoms. The molecule has 0 radical (unpaired) electrons. The number of halogens is 3. The van der Waals surface area contributed by atoms with Crippen molar-refractivity contribution in [2.75, 3.05) is 6.26 Å². The first-order valence-electron chi connectivity index (χ1n) is 3.29. The Labute approximate surface area is 73.0 Å². The number of rotatable bonds is 3. The standard InChI is InChI=1S/C7H9F3OS/c1-3-4-5(12-2)6(11)7(8,9)10/h4H,3H2,1-2H3. The van der Waals surface area contributed by atoms with Crippen molar-refractivity contribution < 1.29 is 18.0 Å². The van der Waals surface area contributed by atoms with E-state index in [-0.39, 0.29) is 4.91 Å². The van der Waals surface area contributed by atoms with E-state index in [1.807, 2.05) is 0 Å². The summed E-state index contributed by atoms with van der Waals surface area (Å²) in [7, 11) is 0. The van der Waals surface area contributed by atoms with Gasteiger partial charge in [-0.05, 0) is 12.7 Å². The summed E-state index contributed by atoms with van der Waals surface area (Å²) in [5, 5.41) is 0.